The van der Waals surface area contributed by atoms with E-state index in [0.717, 1.165) is 21.3 Å². The third kappa shape index (κ3) is 3.77. The number of fused-ring (bicyclic) bond motifs is 1. The minimum atomic E-state index is -0.846. The van der Waals surface area contributed by atoms with Crippen molar-refractivity contribution in [2.24, 2.45) is 0 Å². The number of nitrogens with zero attached hydrogens (tertiary/aromatic N) is 2. The van der Waals surface area contributed by atoms with Gasteiger partial charge < -0.3 is 9.73 Å². The zero-order valence-electron chi connectivity index (χ0n) is 18.5. The lowest BCUT2D eigenvalue weighted by molar-refractivity contribution is -0.124. The third-order valence-corrected chi connectivity index (χ3v) is 5.77. The smallest absolute Gasteiger partial charge is 0.336 e. The van der Waals surface area contributed by atoms with Gasteiger partial charge in [-0.25, -0.2) is 9.36 Å². The van der Waals surface area contributed by atoms with Gasteiger partial charge in [0.2, 0.25) is 5.91 Å². The summed E-state index contributed by atoms with van der Waals surface area (Å²) in [5.74, 6) is 0.258. The lowest BCUT2D eigenvalue weighted by Gasteiger charge is -2.20. The SMILES string of the molecule is Cc1ccc2c(c1)c(=O)n(-c1ccc(C)c(C)c1)c(=O)n2[C@@H](C)C(=O)NCc1ccco1. The number of hydrogen-bond donors (Lipinski definition) is 1. The Balaban J connectivity index is 1.89. The van der Waals surface area contributed by atoms with Crippen LogP contribution in [0.1, 0.15) is 35.4 Å². The van der Waals surface area contributed by atoms with E-state index < -0.39 is 17.3 Å². The van der Waals surface area contributed by atoms with Crippen LogP contribution in [0.5, 0.6) is 0 Å². The Morgan fingerprint density at radius 2 is 1.81 bits per heavy atom. The second-order valence-corrected chi connectivity index (χ2v) is 8.06. The van der Waals surface area contributed by atoms with Crippen molar-refractivity contribution in [3.8, 4) is 5.69 Å². The van der Waals surface area contributed by atoms with Crippen molar-refractivity contribution in [1.29, 1.82) is 0 Å². The number of aryl methyl sites for hydroxylation is 3. The molecule has 32 heavy (non-hydrogen) atoms. The van der Waals surface area contributed by atoms with Gasteiger partial charge in [0.05, 0.1) is 29.4 Å². The van der Waals surface area contributed by atoms with Crippen molar-refractivity contribution in [3.05, 3.63) is 98.1 Å². The number of carbonyl (C=O) groups excluding carboxylic acids is 1. The molecular formula is C25H25N3O4. The fraction of sp³-hybridized carbons (Fsp3) is 0.240. The van der Waals surface area contributed by atoms with Crippen LogP contribution in [-0.4, -0.2) is 15.0 Å². The van der Waals surface area contributed by atoms with E-state index in [0.29, 0.717) is 22.4 Å². The summed E-state index contributed by atoms with van der Waals surface area (Å²) in [6.07, 6.45) is 1.53. The number of benzene rings is 2. The molecule has 0 aliphatic heterocycles. The molecule has 2 aromatic heterocycles. The van der Waals surface area contributed by atoms with Gasteiger partial charge in [0.1, 0.15) is 11.8 Å². The van der Waals surface area contributed by atoms with Crippen LogP contribution >= 0.6 is 0 Å². The highest BCUT2D eigenvalue weighted by atomic mass is 16.3. The van der Waals surface area contributed by atoms with E-state index in [1.165, 1.54) is 10.8 Å². The lowest BCUT2D eigenvalue weighted by Crippen LogP contribution is -2.43. The maximum atomic E-state index is 13.6. The predicted molar refractivity (Wildman–Crippen MR) is 123 cm³/mol. The van der Waals surface area contributed by atoms with Crippen LogP contribution in [0.2, 0.25) is 0 Å². The fourth-order valence-electron chi connectivity index (χ4n) is 3.77. The molecule has 7 heteroatoms. The molecule has 0 fully saturated rings. The van der Waals surface area contributed by atoms with Crippen molar-refractivity contribution in [2.45, 2.75) is 40.3 Å². The number of amides is 1. The second kappa shape index (κ2) is 8.34. The minimum Gasteiger partial charge on any atom is -0.467 e. The zero-order chi connectivity index (χ0) is 23.0. The molecule has 0 aliphatic carbocycles. The monoisotopic (exact) mass is 431 g/mol. The molecule has 0 saturated heterocycles. The van der Waals surface area contributed by atoms with E-state index in [2.05, 4.69) is 5.32 Å². The largest absolute Gasteiger partial charge is 0.467 e. The summed E-state index contributed by atoms with van der Waals surface area (Å²) in [6.45, 7) is 7.63. The lowest BCUT2D eigenvalue weighted by atomic mass is 10.1. The third-order valence-electron chi connectivity index (χ3n) is 5.77. The summed E-state index contributed by atoms with van der Waals surface area (Å²) in [5.41, 5.74) is 2.85. The quantitative estimate of drug-likeness (QED) is 0.524. The van der Waals surface area contributed by atoms with E-state index in [9.17, 15) is 14.4 Å². The van der Waals surface area contributed by atoms with Crippen LogP contribution in [0.15, 0.2) is 68.8 Å². The molecule has 1 atom stereocenters. The summed E-state index contributed by atoms with van der Waals surface area (Å²) in [6, 6.07) is 13.4. The average Bonchev–Trinajstić information content (AvgIpc) is 3.28. The number of rotatable bonds is 5. The second-order valence-electron chi connectivity index (χ2n) is 8.06. The van der Waals surface area contributed by atoms with Crippen LogP contribution in [0.4, 0.5) is 0 Å². The Morgan fingerprint density at radius 3 is 2.50 bits per heavy atom. The van der Waals surface area contributed by atoms with Gasteiger partial charge in [-0.2, -0.15) is 0 Å². The van der Waals surface area contributed by atoms with Crippen LogP contribution in [-0.2, 0) is 11.3 Å². The Bertz CT molecular complexity index is 1430. The van der Waals surface area contributed by atoms with Crippen LogP contribution in [0, 0.1) is 20.8 Å². The number of furan rings is 1. The summed E-state index contributed by atoms with van der Waals surface area (Å²) in [5, 5.41) is 3.18. The fourth-order valence-corrected chi connectivity index (χ4v) is 3.77. The highest BCUT2D eigenvalue weighted by Gasteiger charge is 2.23. The normalized spacial score (nSPS) is 12.1. The van der Waals surface area contributed by atoms with Crippen molar-refractivity contribution in [2.75, 3.05) is 0 Å². The predicted octanol–water partition coefficient (Wildman–Crippen LogP) is 3.55. The average molecular weight is 431 g/mol. The van der Waals surface area contributed by atoms with Gasteiger partial charge in [-0.15, -0.1) is 0 Å². The molecule has 7 nitrogen and oxygen atoms in total. The maximum absolute atomic E-state index is 13.6. The Labute approximate surface area is 184 Å². The minimum absolute atomic E-state index is 0.207. The molecule has 1 N–H and O–H groups in total. The Hall–Kier alpha value is -3.87. The number of aromatic nitrogens is 2. The maximum Gasteiger partial charge on any atom is 0.336 e. The first-order valence-corrected chi connectivity index (χ1v) is 10.4. The highest BCUT2D eigenvalue weighted by molar-refractivity contribution is 5.84. The first kappa shape index (κ1) is 21.4. The van der Waals surface area contributed by atoms with Crippen LogP contribution < -0.4 is 16.6 Å². The first-order chi connectivity index (χ1) is 15.3. The van der Waals surface area contributed by atoms with E-state index in [1.807, 2.05) is 39.0 Å². The molecule has 0 spiro atoms. The van der Waals surface area contributed by atoms with E-state index >= 15 is 0 Å². The molecule has 2 aromatic carbocycles. The van der Waals surface area contributed by atoms with Gasteiger partial charge in [-0.05, 0) is 75.2 Å². The molecule has 1 amide bonds. The molecular weight excluding hydrogens is 406 g/mol. The van der Waals surface area contributed by atoms with Crippen LogP contribution in [0.3, 0.4) is 0 Å². The summed E-state index contributed by atoms with van der Waals surface area (Å²) in [4.78, 5) is 39.9. The van der Waals surface area contributed by atoms with Gasteiger partial charge in [-0.1, -0.05) is 17.7 Å². The molecule has 0 saturated carbocycles. The number of carbonyl (C=O) groups is 1. The topological polar surface area (TPSA) is 86.2 Å². The van der Waals surface area contributed by atoms with Crippen molar-refractivity contribution in [1.82, 2.24) is 14.5 Å². The van der Waals surface area contributed by atoms with Gasteiger partial charge in [0, 0.05) is 0 Å². The van der Waals surface area contributed by atoms with Gasteiger partial charge in [-0.3, -0.25) is 14.2 Å². The molecule has 0 unspecified atom stereocenters. The van der Waals surface area contributed by atoms with Crippen molar-refractivity contribution < 1.29 is 9.21 Å². The van der Waals surface area contributed by atoms with E-state index in [4.69, 9.17) is 4.42 Å². The van der Waals surface area contributed by atoms with Crippen molar-refractivity contribution in [3.63, 3.8) is 0 Å². The Kier molecular flexibility index (Phi) is 5.57. The standard InChI is InChI=1S/C25H25N3O4/c1-15-7-10-22-21(12-15)24(30)28(19-9-8-16(2)17(3)13-19)25(31)27(22)18(4)23(29)26-14-20-6-5-11-32-20/h5-13,18H,14H2,1-4H3,(H,26,29)/t18-/m0/s1. The molecule has 0 radical (unpaired) electrons. The molecule has 4 aromatic rings. The molecule has 4 rings (SSSR count). The van der Waals surface area contributed by atoms with Gasteiger partial charge in [0.25, 0.3) is 5.56 Å². The van der Waals surface area contributed by atoms with E-state index in [-0.39, 0.29) is 12.5 Å². The summed E-state index contributed by atoms with van der Waals surface area (Å²) < 4.78 is 7.78. The highest BCUT2D eigenvalue weighted by Crippen LogP contribution is 2.18. The van der Waals surface area contributed by atoms with Crippen LogP contribution in [0.25, 0.3) is 16.6 Å². The number of nitrogens with one attached hydrogen (secondary N) is 1. The number of hydrogen-bond acceptors (Lipinski definition) is 4. The van der Waals surface area contributed by atoms with Crippen molar-refractivity contribution >= 4 is 16.8 Å². The van der Waals surface area contributed by atoms with E-state index in [1.54, 1.807) is 37.3 Å². The first-order valence-electron chi connectivity index (χ1n) is 10.4. The Morgan fingerprint density at radius 1 is 1.03 bits per heavy atom. The molecule has 0 aliphatic rings. The summed E-state index contributed by atoms with van der Waals surface area (Å²) in [7, 11) is 0. The molecule has 2 heterocycles. The zero-order valence-corrected chi connectivity index (χ0v) is 18.5. The van der Waals surface area contributed by atoms with Gasteiger partial charge in [0.15, 0.2) is 0 Å². The summed E-state index contributed by atoms with van der Waals surface area (Å²) >= 11 is 0. The molecule has 0 bridgehead atoms. The molecule has 164 valence electrons. The van der Waals surface area contributed by atoms with Gasteiger partial charge >= 0.3 is 5.69 Å².